The number of carbonyl (C=O) groups is 1. The van der Waals surface area contributed by atoms with Gasteiger partial charge in [-0.3, -0.25) is 9.63 Å². The zero-order chi connectivity index (χ0) is 13.2. The molecule has 2 atom stereocenters. The number of nitrogens with zero attached hydrogens (tertiary/aromatic N) is 1. The average Bonchev–Trinajstić information content (AvgIpc) is 3.08. The minimum atomic E-state index is -0.209. The number of rotatable bonds is 5. The maximum Gasteiger partial charge on any atom is 0.252 e. The molecular formula is C15H21NO2. The average molecular weight is 247 g/mol. The Hall–Kier alpha value is -1.35. The van der Waals surface area contributed by atoms with Crippen molar-refractivity contribution in [2.24, 2.45) is 11.3 Å². The van der Waals surface area contributed by atoms with E-state index in [1.165, 1.54) is 17.7 Å². The molecule has 0 bridgehead atoms. The summed E-state index contributed by atoms with van der Waals surface area (Å²) in [6.45, 7) is 2.04. The van der Waals surface area contributed by atoms with Gasteiger partial charge < -0.3 is 0 Å². The maximum absolute atomic E-state index is 12.1. The molecule has 0 saturated heterocycles. The monoisotopic (exact) mass is 247 g/mol. The van der Waals surface area contributed by atoms with Gasteiger partial charge in [-0.15, -0.1) is 0 Å². The van der Waals surface area contributed by atoms with E-state index in [2.05, 4.69) is 24.3 Å². The molecule has 0 N–H and O–H groups in total. The summed E-state index contributed by atoms with van der Waals surface area (Å²) in [6.07, 6.45) is 3.10. The van der Waals surface area contributed by atoms with E-state index in [1.807, 2.05) is 13.0 Å². The van der Waals surface area contributed by atoms with E-state index in [4.69, 9.17) is 4.84 Å². The molecule has 2 rings (SSSR count). The summed E-state index contributed by atoms with van der Waals surface area (Å²) < 4.78 is 0. The first-order chi connectivity index (χ1) is 8.58. The van der Waals surface area contributed by atoms with Crippen LogP contribution in [0, 0.1) is 11.3 Å². The van der Waals surface area contributed by atoms with E-state index in [9.17, 15) is 4.79 Å². The van der Waals surface area contributed by atoms with Crippen molar-refractivity contribution in [3.05, 3.63) is 35.9 Å². The molecule has 3 nitrogen and oxygen atoms in total. The number of hydroxylamine groups is 2. The number of hydrogen-bond acceptors (Lipinski definition) is 2. The molecule has 0 radical (unpaired) electrons. The van der Waals surface area contributed by atoms with Gasteiger partial charge in [0, 0.05) is 7.05 Å². The van der Waals surface area contributed by atoms with Crippen LogP contribution >= 0.6 is 0 Å². The van der Waals surface area contributed by atoms with E-state index in [-0.39, 0.29) is 11.3 Å². The Morgan fingerprint density at radius 1 is 1.44 bits per heavy atom. The summed E-state index contributed by atoms with van der Waals surface area (Å²) in [6, 6.07) is 10.4. The van der Waals surface area contributed by atoms with Gasteiger partial charge in [0.2, 0.25) is 0 Å². The van der Waals surface area contributed by atoms with Crippen molar-refractivity contribution in [3.8, 4) is 0 Å². The molecular weight excluding hydrogens is 226 g/mol. The molecule has 1 aromatic rings. The zero-order valence-corrected chi connectivity index (χ0v) is 11.3. The van der Waals surface area contributed by atoms with Gasteiger partial charge >= 0.3 is 0 Å². The van der Waals surface area contributed by atoms with Gasteiger partial charge in [-0.25, -0.2) is 5.06 Å². The van der Waals surface area contributed by atoms with Crippen molar-refractivity contribution in [2.75, 3.05) is 14.2 Å². The van der Waals surface area contributed by atoms with Crippen LogP contribution in [-0.2, 0) is 16.1 Å². The molecule has 3 heteroatoms. The maximum atomic E-state index is 12.1. The van der Waals surface area contributed by atoms with Gasteiger partial charge in [0.1, 0.15) is 0 Å². The highest BCUT2D eigenvalue weighted by atomic mass is 16.7. The van der Waals surface area contributed by atoms with Crippen molar-refractivity contribution in [1.82, 2.24) is 5.06 Å². The highest BCUT2D eigenvalue weighted by Gasteiger charge is 2.56. The highest BCUT2D eigenvalue weighted by molar-refractivity contribution is 5.84. The second-order valence-corrected chi connectivity index (χ2v) is 5.33. The van der Waals surface area contributed by atoms with Crippen LogP contribution in [0.3, 0.4) is 0 Å². The fourth-order valence-electron chi connectivity index (χ4n) is 2.56. The van der Waals surface area contributed by atoms with Gasteiger partial charge in [0.05, 0.1) is 12.5 Å². The molecule has 1 aliphatic rings. The normalized spacial score (nSPS) is 25.8. The molecule has 0 spiro atoms. The van der Waals surface area contributed by atoms with E-state index in [0.717, 1.165) is 19.3 Å². The minimum absolute atomic E-state index is 0.100. The zero-order valence-electron chi connectivity index (χ0n) is 11.3. The van der Waals surface area contributed by atoms with E-state index >= 15 is 0 Å². The number of hydrogen-bond donors (Lipinski definition) is 0. The Balaban J connectivity index is 1.86. The van der Waals surface area contributed by atoms with Crippen molar-refractivity contribution >= 4 is 5.91 Å². The Labute approximate surface area is 109 Å². The summed E-state index contributed by atoms with van der Waals surface area (Å²) in [4.78, 5) is 17.1. The molecule has 1 aromatic carbocycles. The van der Waals surface area contributed by atoms with Crippen LogP contribution in [0.2, 0.25) is 0 Å². The molecule has 98 valence electrons. The summed E-state index contributed by atoms with van der Waals surface area (Å²) in [5.74, 6) is 0.589. The Bertz CT molecular complexity index is 418. The van der Waals surface area contributed by atoms with Crippen LogP contribution in [0.15, 0.2) is 30.3 Å². The molecule has 0 heterocycles. The largest absolute Gasteiger partial charge is 0.275 e. The number of amides is 1. The summed E-state index contributed by atoms with van der Waals surface area (Å²) in [5.41, 5.74) is 1.14. The molecule has 0 aromatic heterocycles. The van der Waals surface area contributed by atoms with Crippen molar-refractivity contribution < 1.29 is 9.63 Å². The van der Waals surface area contributed by atoms with E-state index in [1.54, 1.807) is 7.05 Å². The third kappa shape index (κ3) is 2.56. The molecule has 1 aliphatic carbocycles. The third-order valence-electron chi connectivity index (χ3n) is 4.08. The second-order valence-electron chi connectivity index (χ2n) is 5.33. The summed E-state index contributed by atoms with van der Waals surface area (Å²) >= 11 is 0. The SMILES string of the molecule is CON(C)C(=O)[C@]1(C)C[C@H]1CCc1ccccc1. The van der Waals surface area contributed by atoms with E-state index in [0.29, 0.717) is 5.92 Å². The predicted octanol–water partition coefficient (Wildman–Crippen LogP) is 2.67. The van der Waals surface area contributed by atoms with Crippen LogP contribution in [0.5, 0.6) is 0 Å². The lowest BCUT2D eigenvalue weighted by Gasteiger charge is -2.19. The second kappa shape index (κ2) is 5.11. The van der Waals surface area contributed by atoms with Crippen LogP contribution < -0.4 is 0 Å². The molecule has 1 amide bonds. The van der Waals surface area contributed by atoms with Crippen LogP contribution in [0.25, 0.3) is 0 Å². The van der Waals surface area contributed by atoms with Gasteiger partial charge in [-0.2, -0.15) is 0 Å². The number of aryl methyl sites for hydroxylation is 1. The summed E-state index contributed by atoms with van der Waals surface area (Å²) in [7, 11) is 3.21. The molecule has 1 saturated carbocycles. The Kier molecular flexibility index (Phi) is 3.71. The van der Waals surface area contributed by atoms with Gasteiger partial charge in [-0.05, 0) is 30.7 Å². The lowest BCUT2D eigenvalue weighted by molar-refractivity contribution is -0.175. The third-order valence-corrected chi connectivity index (χ3v) is 4.08. The number of benzene rings is 1. The number of carbonyl (C=O) groups excluding carboxylic acids is 1. The molecule has 0 aliphatic heterocycles. The minimum Gasteiger partial charge on any atom is -0.275 e. The smallest absolute Gasteiger partial charge is 0.252 e. The van der Waals surface area contributed by atoms with Crippen molar-refractivity contribution in [1.29, 1.82) is 0 Å². The molecule has 18 heavy (non-hydrogen) atoms. The topological polar surface area (TPSA) is 29.5 Å². The van der Waals surface area contributed by atoms with Crippen molar-refractivity contribution in [3.63, 3.8) is 0 Å². The summed E-state index contributed by atoms with van der Waals surface area (Å²) in [5, 5.41) is 1.35. The van der Waals surface area contributed by atoms with Gasteiger partial charge in [0.25, 0.3) is 5.91 Å². The van der Waals surface area contributed by atoms with Gasteiger partial charge in [0.15, 0.2) is 0 Å². The van der Waals surface area contributed by atoms with Crippen LogP contribution in [0.1, 0.15) is 25.3 Å². The quantitative estimate of drug-likeness (QED) is 0.749. The lowest BCUT2D eigenvalue weighted by Crippen LogP contribution is -2.32. The first-order valence-corrected chi connectivity index (χ1v) is 6.44. The highest BCUT2D eigenvalue weighted by Crippen LogP contribution is 2.55. The van der Waals surface area contributed by atoms with Crippen LogP contribution in [0.4, 0.5) is 0 Å². The van der Waals surface area contributed by atoms with Crippen LogP contribution in [-0.4, -0.2) is 25.1 Å². The lowest BCUT2D eigenvalue weighted by atomic mass is 10.0. The fraction of sp³-hybridized carbons (Fsp3) is 0.533. The molecule has 1 fully saturated rings. The van der Waals surface area contributed by atoms with Gasteiger partial charge in [-0.1, -0.05) is 37.3 Å². The Morgan fingerprint density at radius 3 is 2.72 bits per heavy atom. The molecule has 0 unspecified atom stereocenters. The standard InChI is InChI=1S/C15H21NO2/c1-15(14(17)16(2)18-3)11-13(15)10-9-12-7-5-4-6-8-12/h4-8,13H,9-11H2,1-3H3/t13-,15-/m1/s1. The van der Waals surface area contributed by atoms with E-state index < -0.39 is 0 Å². The Morgan fingerprint density at radius 2 is 2.11 bits per heavy atom. The predicted molar refractivity (Wildman–Crippen MR) is 70.8 cm³/mol. The first-order valence-electron chi connectivity index (χ1n) is 6.44. The first kappa shape index (κ1) is 13.1. The van der Waals surface area contributed by atoms with Crippen molar-refractivity contribution in [2.45, 2.75) is 26.2 Å². The fourth-order valence-corrected chi connectivity index (χ4v) is 2.56.